The Morgan fingerprint density at radius 1 is 1.04 bits per heavy atom. The molecule has 0 aromatic rings. The molecule has 9 atom stereocenters. The molecule has 3 heteroatoms. The minimum atomic E-state index is -0.938. The number of hydrogen-bond donors (Lipinski definition) is 2. The minimum Gasteiger partial charge on any atom is -0.389 e. The molecule has 4 aliphatic carbocycles. The lowest BCUT2D eigenvalue weighted by Crippen LogP contribution is -2.57. The van der Waals surface area contributed by atoms with Crippen LogP contribution in [0.5, 0.6) is 0 Å². The number of hydrogen-bond acceptors (Lipinski definition) is 2. The number of rotatable bonds is 2. The number of fused-ring (bicyclic) bond motifs is 5. The zero-order chi connectivity index (χ0) is 18.0. The summed E-state index contributed by atoms with van der Waals surface area (Å²) in [6.07, 6.45) is 12.3. The van der Waals surface area contributed by atoms with Crippen LogP contribution in [0.4, 0.5) is 0 Å². The quantitative estimate of drug-likeness (QED) is 0.645. The van der Waals surface area contributed by atoms with E-state index in [1.165, 1.54) is 44.9 Å². The predicted molar refractivity (Wildman–Crippen MR) is 102 cm³/mol. The van der Waals surface area contributed by atoms with Crippen LogP contribution >= 0.6 is 11.6 Å². The summed E-state index contributed by atoms with van der Waals surface area (Å²) in [6, 6.07) is 0. The molecule has 0 aromatic carbocycles. The van der Waals surface area contributed by atoms with Crippen LogP contribution in [0.15, 0.2) is 0 Å². The van der Waals surface area contributed by atoms with E-state index in [1.807, 2.05) is 0 Å². The van der Waals surface area contributed by atoms with Gasteiger partial charge in [0.05, 0.1) is 5.60 Å². The molecule has 0 radical (unpaired) electrons. The summed E-state index contributed by atoms with van der Waals surface area (Å²) >= 11 is 5.95. The van der Waals surface area contributed by atoms with Crippen molar-refractivity contribution in [2.24, 2.45) is 40.4 Å². The van der Waals surface area contributed by atoms with Crippen LogP contribution in [0.1, 0.15) is 85.0 Å². The van der Waals surface area contributed by atoms with Gasteiger partial charge in [-0.3, -0.25) is 0 Å². The largest absolute Gasteiger partial charge is 0.389 e. The second-order valence-corrected chi connectivity index (χ2v) is 11.1. The Labute approximate surface area is 158 Å². The first kappa shape index (κ1) is 18.6. The first-order valence-corrected chi connectivity index (χ1v) is 11.2. The maximum atomic E-state index is 11.6. The molecule has 0 bridgehead atoms. The highest BCUT2D eigenvalue weighted by atomic mass is 35.5. The fourth-order valence-corrected chi connectivity index (χ4v) is 8.65. The van der Waals surface area contributed by atoms with E-state index in [-0.39, 0.29) is 11.3 Å². The lowest BCUT2D eigenvalue weighted by atomic mass is 9.44. The van der Waals surface area contributed by atoms with Gasteiger partial charge < -0.3 is 10.2 Å². The standard InChI is InChI=1S/C22H37ClO2/c1-14-12-18-16-8-7-15-6-4-5-10-20(15,2)17(16)9-11-21(18,3)22(14,25)13-19(23)24/h14-19,24-25H,4-13H2,1-3H3/t14-,15?,16-,17+,18+,19?,20+,21+,22-/m1/s1. The van der Waals surface area contributed by atoms with Crippen LogP contribution in [0.3, 0.4) is 0 Å². The average molecular weight is 369 g/mol. The molecule has 2 N–H and O–H groups in total. The molecule has 0 spiro atoms. The van der Waals surface area contributed by atoms with Crippen molar-refractivity contribution in [2.45, 2.75) is 96.1 Å². The van der Waals surface area contributed by atoms with Gasteiger partial charge in [0.15, 0.2) is 0 Å². The van der Waals surface area contributed by atoms with Crippen LogP contribution in [0.2, 0.25) is 0 Å². The molecule has 0 aliphatic heterocycles. The van der Waals surface area contributed by atoms with Crippen molar-refractivity contribution in [3.8, 4) is 0 Å². The monoisotopic (exact) mass is 368 g/mol. The predicted octanol–water partition coefficient (Wildman–Crippen LogP) is 5.34. The highest BCUT2D eigenvalue weighted by molar-refractivity contribution is 6.19. The van der Waals surface area contributed by atoms with E-state index < -0.39 is 11.2 Å². The van der Waals surface area contributed by atoms with Gasteiger partial charge in [0, 0.05) is 6.42 Å². The highest BCUT2D eigenvalue weighted by Crippen LogP contribution is 2.69. The van der Waals surface area contributed by atoms with E-state index in [0.717, 1.165) is 30.6 Å². The summed E-state index contributed by atoms with van der Waals surface area (Å²) in [7, 11) is 0. The zero-order valence-electron chi connectivity index (χ0n) is 16.3. The number of alkyl halides is 1. The van der Waals surface area contributed by atoms with Crippen molar-refractivity contribution in [3.05, 3.63) is 0 Å². The van der Waals surface area contributed by atoms with Crippen molar-refractivity contribution < 1.29 is 10.2 Å². The Kier molecular flexibility index (Phi) is 4.54. The summed E-state index contributed by atoms with van der Waals surface area (Å²) in [5.74, 6) is 3.38. The average Bonchev–Trinajstić information content (AvgIpc) is 2.74. The molecule has 4 fully saturated rings. The Morgan fingerprint density at radius 3 is 2.52 bits per heavy atom. The van der Waals surface area contributed by atoms with E-state index in [9.17, 15) is 10.2 Å². The van der Waals surface area contributed by atoms with Gasteiger partial charge in [0.1, 0.15) is 5.56 Å². The molecule has 0 aromatic heterocycles. The number of aliphatic hydroxyl groups is 2. The van der Waals surface area contributed by atoms with Crippen molar-refractivity contribution in [2.75, 3.05) is 0 Å². The second-order valence-electron chi connectivity index (χ2n) is 10.6. The van der Waals surface area contributed by atoms with E-state index in [0.29, 0.717) is 17.8 Å². The third-order valence-corrected chi connectivity index (χ3v) is 10.0. The molecule has 0 saturated heterocycles. The van der Waals surface area contributed by atoms with E-state index in [1.54, 1.807) is 0 Å². The summed E-state index contributed by atoms with van der Waals surface area (Å²) in [4.78, 5) is 0. The van der Waals surface area contributed by atoms with Crippen LogP contribution in [0, 0.1) is 40.4 Å². The SMILES string of the molecule is C[C@@H]1C[C@H]2[C@@H]3CCC4CCCC[C@]4(C)[C@H]3CC[C@]2(C)[C@@]1(O)CC(O)Cl. The van der Waals surface area contributed by atoms with Gasteiger partial charge in [-0.15, -0.1) is 0 Å². The van der Waals surface area contributed by atoms with Gasteiger partial charge in [-0.25, -0.2) is 0 Å². The van der Waals surface area contributed by atoms with E-state index >= 15 is 0 Å². The van der Waals surface area contributed by atoms with Gasteiger partial charge in [-0.2, -0.15) is 0 Å². The molecule has 4 aliphatic rings. The molecule has 25 heavy (non-hydrogen) atoms. The summed E-state index contributed by atoms with van der Waals surface area (Å²) < 4.78 is 0. The van der Waals surface area contributed by atoms with Gasteiger partial charge in [0.25, 0.3) is 0 Å². The number of halogens is 1. The molecule has 0 amide bonds. The lowest BCUT2D eigenvalue weighted by molar-refractivity contribution is -0.164. The highest BCUT2D eigenvalue weighted by Gasteiger charge is 2.66. The van der Waals surface area contributed by atoms with Gasteiger partial charge in [-0.1, -0.05) is 45.2 Å². The maximum absolute atomic E-state index is 11.6. The fourth-order valence-electron chi connectivity index (χ4n) is 8.42. The Bertz CT molecular complexity index is 522. The third kappa shape index (κ3) is 2.49. The molecule has 2 nitrogen and oxygen atoms in total. The first-order chi connectivity index (χ1) is 11.7. The van der Waals surface area contributed by atoms with Crippen LogP contribution in [-0.2, 0) is 0 Å². The molecule has 4 saturated carbocycles. The smallest absolute Gasteiger partial charge is 0.130 e. The Hall–Kier alpha value is 0.210. The van der Waals surface area contributed by atoms with Crippen molar-refractivity contribution in [3.63, 3.8) is 0 Å². The third-order valence-electron chi connectivity index (χ3n) is 9.86. The van der Waals surface area contributed by atoms with Crippen LogP contribution in [0.25, 0.3) is 0 Å². The zero-order valence-corrected chi connectivity index (χ0v) is 17.1. The molecule has 4 rings (SSSR count). The molecule has 2 unspecified atom stereocenters. The molecule has 144 valence electrons. The van der Waals surface area contributed by atoms with Crippen molar-refractivity contribution in [1.82, 2.24) is 0 Å². The summed E-state index contributed by atoms with van der Waals surface area (Å²) in [6.45, 7) is 7.10. The number of aliphatic hydroxyl groups excluding tert-OH is 1. The fraction of sp³-hybridized carbons (Fsp3) is 1.00. The molecular formula is C22H37ClO2. The normalized spacial score (nSPS) is 56.6. The lowest BCUT2D eigenvalue weighted by Gasteiger charge is -2.61. The van der Waals surface area contributed by atoms with Crippen molar-refractivity contribution in [1.29, 1.82) is 0 Å². The first-order valence-electron chi connectivity index (χ1n) is 10.8. The maximum Gasteiger partial charge on any atom is 0.130 e. The van der Waals surface area contributed by atoms with Crippen molar-refractivity contribution >= 4 is 11.6 Å². The van der Waals surface area contributed by atoms with Gasteiger partial charge in [0.2, 0.25) is 0 Å². The van der Waals surface area contributed by atoms with Gasteiger partial charge in [-0.05, 0) is 85.4 Å². The topological polar surface area (TPSA) is 40.5 Å². The summed E-state index contributed by atoms with van der Waals surface area (Å²) in [5.41, 5.74) is -1.29. The minimum absolute atomic E-state index is 0.0820. The molecular weight excluding hydrogens is 332 g/mol. The summed E-state index contributed by atoms with van der Waals surface area (Å²) in [5, 5.41) is 21.5. The van der Waals surface area contributed by atoms with Crippen LogP contribution in [-0.4, -0.2) is 21.4 Å². The second kappa shape index (κ2) is 6.11. The van der Waals surface area contributed by atoms with Gasteiger partial charge >= 0.3 is 0 Å². The Morgan fingerprint density at radius 2 is 1.80 bits per heavy atom. The van der Waals surface area contributed by atoms with E-state index in [2.05, 4.69) is 20.8 Å². The van der Waals surface area contributed by atoms with E-state index in [4.69, 9.17) is 11.6 Å². The van der Waals surface area contributed by atoms with Crippen LogP contribution < -0.4 is 0 Å². The Balaban J connectivity index is 1.65. The molecule has 0 heterocycles.